The molecular weight excluding hydrogens is 799 g/mol. The van der Waals surface area contributed by atoms with Gasteiger partial charge < -0.3 is 4.57 Å². The van der Waals surface area contributed by atoms with Gasteiger partial charge in [0.15, 0.2) is 0 Å². The highest BCUT2D eigenvalue weighted by atomic mass is 19.4. The molecule has 1 aromatic heterocycles. The summed E-state index contributed by atoms with van der Waals surface area (Å²) in [5.74, 6) is -0.792. The van der Waals surface area contributed by atoms with E-state index in [4.69, 9.17) is 0 Å². The average Bonchev–Trinajstić information content (AvgIpc) is 3.78. The molecule has 62 heavy (non-hydrogen) atoms. The molecule has 0 fully saturated rings. The van der Waals surface area contributed by atoms with Gasteiger partial charge in [-0.3, -0.25) is 0 Å². The summed E-state index contributed by atoms with van der Waals surface area (Å²) in [6, 6.07) is 40.7. The SMILES string of the molecule is N#Cc1ccc2c(c1)-c1cc(C#N)ccc1C2c1cccc(C#N)c1-c1c(-c2c(C(F)(F)F)cccc2C(F)(F)F)cccc1-n1c2ccc(C#N)cc2c2cc(C#N)ccc21. The lowest BCUT2D eigenvalue weighted by atomic mass is 9.79. The van der Waals surface area contributed by atoms with Crippen LogP contribution in [-0.4, -0.2) is 4.57 Å². The van der Waals surface area contributed by atoms with Gasteiger partial charge in [-0.15, -0.1) is 0 Å². The number of fused-ring (bicyclic) bond motifs is 6. The summed E-state index contributed by atoms with van der Waals surface area (Å²) in [6.45, 7) is 0. The third-order valence-electron chi connectivity index (χ3n) is 11.3. The van der Waals surface area contributed by atoms with E-state index in [-0.39, 0.29) is 33.5 Å². The summed E-state index contributed by atoms with van der Waals surface area (Å²) in [4.78, 5) is 0. The van der Waals surface area contributed by atoms with Crippen LogP contribution in [0.2, 0.25) is 0 Å². The second-order valence-electron chi connectivity index (χ2n) is 14.6. The minimum absolute atomic E-state index is 0.0421. The van der Waals surface area contributed by atoms with Crippen LogP contribution in [0.4, 0.5) is 26.3 Å². The fourth-order valence-electron chi connectivity index (χ4n) is 8.84. The Bertz CT molecular complexity index is 3300. The van der Waals surface area contributed by atoms with Crippen molar-refractivity contribution in [3.63, 3.8) is 0 Å². The zero-order valence-electron chi connectivity index (χ0n) is 31.7. The van der Waals surface area contributed by atoms with Crippen molar-refractivity contribution >= 4 is 21.8 Å². The molecule has 12 heteroatoms. The number of alkyl halides is 6. The predicted molar refractivity (Wildman–Crippen MR) is 218 cm³/mol. The van der Waals surface area contributed by atoms with Crippen molar-refractivity contribution in [2.45, 2.75) is 18.3 Å². The van der Waals surface area contributed by atoms with Gasteiger partial charge in [0.2, 0.25) is 0 Å². The fourth-order valence-corrected chi connectivity index (χ4v) is 8.84. The Morgan fingerprint density at radius 1 is 0.419 bits per heavy atom. The van der Waals surface area contributed by atoms with Crippen LogP contribution in [0.25, 0.3) is 60.9 Å². The Hall–Kier alpha value is -8.63. The molecule has 294 valence electrons. The lowest BCUT2D eigenvalue weighted by Gasteiger charge is -2.26. The molecule has 6 nitrogen and oxygen atoms in total. The van der Waals surface area contributed by atoms with Crippen molar-refractivity contribution in [2.24, 2.45) is 0 Å². The number of aromatic nitrogens is 1. The van der Waals surface area contributed by atoms with Crippen LogP contribution in [0.1, 0.15) is 61.6 Å². The molecular formula is C50H22F6N6. The Morgan fingerprint density at radius 2 is 0.887 bits per heavy atom. The first kappa shape index (κ1) is 38.9. The van der Waals surface area contributed by atoms with Crippen molar-refractivity contribution in [1.82, 2.24) is 4.57 Å². The second kappa shape index (κ2) is 14.3. The van der Waals surface area contributed by atoms with E-state index in [2.05, 4.69) is 30.3 Å². The zero-order chi connectivity index (χ0) is 43.7. The molecule has 1 aliphatic rings. The molecule has 0 N–H and O–H groups in total. The van der Waals surface area contributed by atoms with Crippen LogP contribution in [0.3, 0.4) is 0 Å². The highest BCUT2D eigenvalue weighted by molar-refractivity contribution is 6.11. The van der Waals surface area contributed by atoms with Crippen molar-refractivity contribution in [3.8, 4) is 69.4 Å². The maximum atomic E-state index is 15.2. The van der Waals surface area contributed by atoms with E-state index in [0.29, 0.717) is 78.9 Å². The molecule has 1 heterocycles. The van der Waals surface area contributed by atoms with E-state index >= 15 is 26.3 Å². The van der Waals surface area contributed by atoms with Crippen molar-refractivity contribution in [1.29, 1.82) is 26.3 Å². The first-order valence-corrected chi connectivity index (χ1v) is 18.7. The smallest absolute Gasteiger partial charge is 0.309 e. The van der Waals surface area contributed by atoms with Crippen LogP contribution < -0.4 is 0 Å². The fraction of sp³-hybridized carbons (Fsp3) is 0.0600. The van der Waals surface area contributed by atoms with Crippen LogP contribution in [0.15, 0.2) is 127 Å². The first-order chi connectivity index (χ1) is 29.8. The largest absolute Gasteiger partial charge is 0.417 e. The quantitative estimate of drug-likeness (QED) is 0.164. The maximum Gasteiger partial charge on any atom is 0.417 e. The molecule has 7 aromatic carbocycles. The Labute approximate surface area is 348 Å². The van der Waals surface area contributed by atoms with Gasteiger partial charge in [0.25, 0.3) is 0 Å². The number of nitriles is 5. The molecule has 8 aromatic rings. The van der Waals surface area contributed by atoms with Crippen molar-refractivity contribution < 1.29 is 26.3 Å². The lowest BCUT2D eigenvalue weighted by molar-refractivity contribution is -0.142. The number of benzene rings is 7. The molecule has 0 aliphatic heterocycles. The normalized spacial score (nSPS) is 12.2. The molecule has 0 spiro atoms. The van der Waals surface area contributed by atoms with Gasteiger partial charge in [-0.25, -0.2) is 0 Å². The first-order valence-electron chi connectivity index (χ1n) is 18.7. The summed E-state index contributed by atoms with van der Waals surface area (Å²) in [5.41, 5.74) is -0.0212. The van der Waals surface area contributed by atoms with Gasteiger partial charge >= 0.3 is 12.4 Å². The van der Waals surface area contributed by atoms with Gasteiger partial charge in [-0.05, 0) is 118 Å². The molecule has 0 amide bonds. The molecule has 1 aliphatic carbocycles. The van der Waals surface area contributed by atoms with Crippen molar-refractivity contribution in [2.75, 3.05) is 0 Å². The topological polar surface area (TPSA) is 124 Å². The number of hydrogen-bond donors (Lipinski definition) is 0. The standard InChI is InChI=1S/C50H22F6N6/c51-49(52,53)40-7-3-8-41(50(54,55)56)47(40)35-6-2-9-44(62-42-16-12-29(24-59)20-38(42)39-21-30(25-60)13-17-43(39)62)48(35)45-31(26-61)4-1-5-34(45)46-32-14-10-27(22-57)18-36(32)37-19-28(23-58)11-15-33(37)46/h1-21,46H. The molecule has 9 rings (SSSR count). The third-order valence-corrected chi connectivity index (χ3v) is 11.3. The summed E-state index contributed by atoms with van der Waals surface area (Å²) in [5, 5.41) is 51.3. The van der Waals surface area contributed by atoms with Gasteiger partial charge in [0, 0.05) is 33.4 Å². The monoisotopic (exact) mass is 820 g/mol. The average molecular weight is 821 g/mol. The maximum absolute atomic E-state index is 15.2. The van der Waals surface area contributed by atoms with Crippen LogP contribution >= 0.6 is 0 Å². The highest BCUT2D eigenvalue weighted by Gasteiger charge is 2.43. The third kappa shape index (κ3) is 6.00. The Kier molecular flexibility index (Phi) is 8.95. The minimum atomic E-state index is -5.27. The highest BCUT2D eigenvalue weighted by Crippen LogP contribution is 2.55. The predicted octanol–water partition coefficient (Wildman–Crippen LogP) is 12.7. The molecule has 0 radical (unpaired) electrons. The number of halogens is 6. The van der Waals surface area contributed by atoms with E-state index < -0.39 is 40.5 Å². The summed E-state index contributed by atoms with van der Waals surface area (Å²) in [6.07, 6.45) is -10.5. The van der Waals surface area contributed by atoms with E-state index in [1.165, 1.54) is 30.3 Å². The molecule has 0 bridgehead atoms. The van der Waals surface area contributed by atoms with Gasteiger partial charge in [-0.1, -0.05) is 42.5 Å². The molecule has 0 atom stereocenters. The van der Waals surface area contributed by atoms with Crippen LogP contribution in [0.5, 0.6) is 0 Å². The van der Waals surface area contributed by atoms with E-state index in [1.54, 1.807) is 83.4 Å². The zero-order valence-corrected chi connectivity index (χ0v) is 31.7. The second-order valence-corrected chi connectivity index (χ2v) is 14.6. The number of rotatable bonds is 4. The van der Waals surface area contributed by atoms with Crippen molar-refractivity contribution in [3.05, 3.63) is 183 Å². The lowest BCUT2D eigenvalue weighted by Crippen LogP contribution is -2.15. The van der Waals surface area contributed by atoms with Gasteiger partial charge in [-0.2, -0.15) is 52.7 Å². The van der Waals surface area contributed by atoms with Gasteiger partial charge in [0.1, 0.15) is 0 Å². The number of hydrogen-bond acceptors (Lipinski definition) is 5. The number of nitrogens with zero attached hydrogens (tertiary/aromatic N) is 6. The van der Waals surface area contributed by atoms with E-state index in [9.17, 15) is 26.3 Å². The summed E-state index contributed by atoms with van der Waals surface area (Å²) >= 11 is 0. The Balaban J connectivity index is 1.50. The van der Waals surface area contributed by atoms with E-state index in [0.717, 1.165) is 0 Å². The molecule has 0 unspecified atom stereocenters. The molecule has 0 saturated carbocycles. The van der Waals surface area contributed by atoms with Crippen LogP contribution in [-0.2, 0) is 12.4 Å². The Morgan fingerprint density at radius 3 is 1.37 bits per heavy atom. The summed E-state index contributed by atoms with van der Waals surface area (Å²) in [7, 11) is 0. The van der Waals surface area contributed by atoms with Crippen LogP contribution in [0, 0.1) is 56.7 Å². The minimum Gasteiger partial charge on any atom is -0.309 e. The van der Waals surface area contributed by atoms with E-state index in [1.807, 2.05) is 0 Å². The summed E-state index contributed by atoms with van der Waals surface area (Å²) < 4.78 is 92.7. The van der Waals surface area contributed by atoms with Gasteiger partial charge in [0.05, 0.1) is 86.0 Å². The molecule has 0 saturated heterocycles.